The summed E-state index contributed by atoms with van der Waals surface area (Å²) >= 11 is 0. The Balaban J connectivity index is 2.52. The van der Waals surface area contributed by atoms with Crippen molar-refractivity contribution in [2.24, 2.45) is 17.8 Å². The van der Waals surface area contributed by atoms with Crippen molar-refractivity contribution in [1.82, 2.24) is 5.32 Å². The first-order chi connectivity index (χ1) is 8.93. The number of rotatable bonds is 6. The summed E-state index contributed by atoms with van der Waals surface area (Å²) in [6.45, 7) is 8.73. The predicted octanol–water partition coefficient (Wildman–Crippen LogP) is 3.38. The van der Waals surface area contributed by atoms with Gasteiger partial charge in [0.25, 0.3) is 0 Å². The highest BCUT2D eigenvalue weighted by Crippen LogP contribution is 2.29. The molecule has 1 aliphatic rings. The van der Waals surface area contributed by atoms with Crippen molar-refractivity contribution in [2.45, 2.75) is 71.9 Å². The van der Waals surface area contributed by atoms with Gasteiger partial charge in [-0.05, 0) is 37.0 Å². The maximum atomic E-state index is 11.8. The summed E-state index contributed by atoms with van der Waals surface area (Å²) in [5, 5.41) is 3.53. The van der Waals surface area contributed by atoms with Crippen molar-refractivity contribution in [2.75, 3.05) is 7.11 Å². The summed E-state index contributed by atoms with van der Waals surface area (Å²) in [5.41, 5.74) is 0. The molecule has 0 spiro atoms. The topological polar surface area (TPSA) is 38.3 Å². The third-order valence-electron chi connectivity index (χ3n) is 4.12. The van der Waals surface area contributed by atoms with E-state index in [1.165, 1.54) is 39.2 Å². The zero-order valence-electron chi connectivity index (χ0n) is 13.2. The summed E-state index contributed by atoms with van der Waals surface area (Å²) in [4.78, 5) is 11.8. The fourth-order valence-electron chi connectivity index (χ4n) is 3.24. The molecule has 3 nitrogen and oxygen atoms in total. The quantitative estimate of drug-likeness (QED) is 0.751. The molecule has 1 aliphatic carbocycles. The largest absolute Gasteiger partial charge is 0.468 e. The van der Waals surface area contributed by atoms with Gasteiger partial charge in [-0.1, -0.05) is 40.5 Å². The van der Waals surface area contributed by atoms with Gasteiger partial charge in [0.15, 0.2) is 0 Å². The lowest BCUT2D eigenvalue weighted by molar-refractivity contribution is -0.144. The average Bonchev–Trinajstić information content (AvgIpc) is 2.34. The van der Waals surface area contributed by atoms with Crippen LogP contribution in [0, 0.1) is 17.8 Å². The first-order valence-corrected chi connectivity index (χ1v) is 7.77. The maximum Gasteiger partial charge on any atom is 0.323 e. The minimum absolute atomic E-state index is 0.124. The molecule has 1 saturated carbocycles. The van der Waals surface area contributed by atoms with Crippen molar-refractivity contribution in [3.05, 3.63) is 0 Å². The summed E-state index contributed by atoms with van der Waals surface area (Å²) in [6, 6.07) is 0.316. The van der Waals surface area contributed by atoms with E-state index in [0.29, 0.717) is 6.04 Å². The van der Waals surface area contributed by atoms with Gasteiger partial charge in [0.05, 0.1) is 7.11 Å². The van der Waals surface area contributed by atoms with Crippen LogP contribution in [-0.2, 0) is 9.53 Å². The number of hydrogen-bond acceptors (Lipinski definition) is 3. The van der Waals surface area contributed by atoms with E-state index in [1.54, 1.807) is 0 Å². The number of esters is 1. The minimum atomic E-state index is -0.159. The molecule has 0 aliphatic heterocycles. The first kappa shape index (κ1) is 16.5. The molecule has 0 amide bonds. The molecule has 1 fully saturated rings. The van der Waals surface area contributed by atoms with E-state index >= 15 is 0 Å². The van der Waals surface area contributed by atoms with Crippen LogP contribution < -0.4 is 5.32 Å². The van der Waals surface area contributed by atoms with Crippen LogP contribution in [-0.4, -0.2) is 25.2 Å². The molecule has 2 unspecified atom stereocenters. The SMILES string of the molecule is COC(=O)[C@@H](NC1CCCC(CC(C)C)C1)C(C)C. The molecule has 0 radical (unpaired) electrons. The highest BCUT2D eigenvalue weighted by atomic mass is 16.5. The van der Waals surface area contributed by atoms with E-state index in [-0.39, 0.29) is 17.9 Å². The summed E-state index contributed by atoms with van der Waals surface area (Å²) in [5.74, 6) is 1.74. The number of methoxy groups -OCH3 is 1. The summed E-state index contributed by atoms with van der Waals surface area (Å²) < 4.78 is 4.91. The number of nitrogens with one attached hydrogen (secondary N) is 1. The van der Waals surface area contributed by atoms with E-state index in [1.807, 2.05) is 0 Å². The zero-order chi connectivity index (χ0) is 14.4. The average molecular weight is 269 g/mol. The third kappa shape index (κ3) is 5.52. The van der Waals surface area contributed by atoms with E-state index in [2.05, 4.69) is 33.0 Å². The van der Waals surface area contributed by atoms with Gasteiger partial charge in [-0.3, -0.25) is 4.79 Å². The van der Waals surface area contributed by atoms with Crippen molar-refractivity contribution in [3.8, 4) is 0 Å². The molecule has 0 bridgehead atoms. The van der Waals surface area contributed by atoms with Crippen molar-refractivity contribution in [3.63, 3.8) is 0 Å². The number of ether oxygens (including phenoxy) is 1. The molecular weight excluding hydrogens is 238 g/mol. The standard InChI is InChI=1S/C16H31NO2/c1-11(2)9-13-7-6-8-14(10-13)17-15(12(3)4)16(18)19-5/h11-15,17H,6-10H2,1-5H3/t13?,14?,15-/m0/s1. The summed E-state index contributed by atoms with van der Waals surface area (Å²) in [6.07, 6.45) is 6.33. The molecule has 1 N–H and O–H groups in total. The molecule has 0 aromatic heterocycles. The maximum absolute atomic E-state index is 11.8. The van der Waals surface area contributed by atoms with Crippen LogP contribution >= 0.6 is 0 Å². The zero-order valence-corrected chi connectivity index (χ0v) is 13.2. The lowest BCUT2D eigenvalue weighted by atomic mass is 9.80. The van der Waals surface area contributed by atoms with Crippen LogP contribution in [0.15, 0.2) is 0 Å². The van der Waals surface area contributed by atoms with Crippen molar-refractivity contribution >= 4 is 5.97 Å². The van der Waals surface area contributed by atoms with Crippen LogP contribution in [0.3, 0.4) is 0 Å². The highest BCUT2D eigenvalue weighted by molar-refractivity contribution is 5.75. The molecule has 3 atom stereocenters. The van der Waals surface area contributed by atoms with Gasteiger partial charge in [0.2, 0.25) is 0 Å². The van der Waals surface area contributed by atoms with E-state index in [9.17, 15) is 4.79 Å². The van der Waals surface area contributed by atoms with Crippen LogP contribution in [0.4, 0.5) is 0 Å². The second-order valence-corrected chi connectivity index (χ2v) is 6.77. The van der Waals surface area contributed by atoms with Crippen molar-refractivity contribution in [1.29, 1.82) is 0 Å². The van der Waals surface area contributed by atoms with Crippen LogP contribution in [0.25, 0.3) is 0 Å². The molecule has 1 rings (SSSR count). The van der Waals surface area contributed by atoms with Crippen LogP contribution in [0.1, 0.15) is 59.8 Å². The van der Waals surface area contributed by atoms with Gasteiger partial charge in [-0.25, -0.2) is 0 Å². The van der Waals surface area contributed by atoms with E-state index in [0.717, 1.165) is 11.8 Å². The van der Waals surface area contributed by atoms with E-state index in [4.69, 9.17) is 4.74 Å². The number of carbonyl (C=O) groups excluding carboxylic acids is 1. The Morgan fingerprint density at radius 3 is 2.47 bits per heavy atom. The molecule has 0 aromatic rings. The lowest BCUT2D eigenvalue weighted by Gasteiger charge is -2.34. The van der Waals surface area contributed by atoms with Gasteiger partial charge >= 0.3 is 5.97 Å². The monoisotopic (exact) mass is 269 g/mol. The van der Waals surface area contributed by atoms with E-state index < -0.39 is 0 Å². The van der Waals surface area contributed by atoms with Crippen LogP contribution in [0.5, 0.6) is 0 Å². The second-order valence-electron chi connectivity index (χ2n) is 6.77. The van der Waals surface area contributed by atoms with Gasteiger partial charge in [0, 0.05) is 6.04 Å². The van der Waals surface area contributed by atoms with Gasteiger partial charge in [0.1, 0.15) is 6.04 Å². The smallest absolute Gasteiger partial charge is 0.323 e. The normalized spacial score (nSPS) is 25.6. The molecule has 19 heavy (non-hydrogen) atoms. The lowest BCUT2D eigenvalue weighted by Crippen LogP contribution is -2.48. The van der Waals surface area contributed by atoms with Crippen LogP contribution in [0.2, 0.25) is 0 Å². The Labute approximate surface area is 118 Å². The summed E-state index contributed by atoms with van der Waals surface area (Å²) in [7, 11) is 1.47. The third-order valence-corrected chi connectivity index (χ3v) is 4.12. The minimum Gasteiger partial charge on any atom is -0.468 e. The predicted molar refractivity (Wildman–Crippen MR) is 79.0 cm³/mol. The van der Waals surface area contributed by atoms with Crippen molar-refractivity contribution < 1.29 is 9.53 Å². The van der Waals surface area contributed by atoms with Gasteiger partial charge in [-0.15, -0.1) is 0 Å². The molecule has 112 valence electrons. The molecule has 0 saturated heterocycles. The highest BCUT2D eigenvalue weighted by Gasteiger charge is 2.29. The first-order valence-electron chi connectivity index (χ1n) is 7.77. The van der Waals surface area contributed by atoms with Gasteiger partial charge in [-0.2, -0.15) is 0 Å². The molecule has 3 heteroatoms. The Hall–Kier alpha value is -0.570. The Morgan fingerprint density at radius 2 is 1.95 bits per heavy atom. The molecule has 0 aromatic carbocycles. The van der Waals surface area contributed by atoms with Gasteiger partial charge < -0.3 is 10.1 Å². The fraction of sp³-hybridized carbons (Fsp3) is 0.938. The Bertz CT molecular complexity index is 276. The molecule has 0 heterocycles. The number of hydrogen-bond donors (Lipinski definition) is 1. The Kier molecular flexibility index (Phi) is 6.84. The fourth-order valence-corrected chi connectivity index (χ4v) is 3.24. The number of carbonyl (C=O) groups is 1. The molecular formula is C16H31NO2. The second kappa shape index (κ2) is 7.88. The Morgan fingerprint density at radius 1 is 1.26 bits per heavy atom.